The van der Waals surface area contributed by atoms with Crippen LogP contribution >= 0.6 is 23.2 Å². The third-order valence-corrected chi connectivity index (χ3v) is 8.41. The maximum absolute atomic E-state index is 11.5. The smallest absolute Gasteiger partial charge is 0.237 e. The number of carbonyl (C=O) groups excluding carboxylic acids is 1. The standard InChI is InChI=1S/C30H33Cl2N7O3/c1-17(33)26-29(42-3)39-24(16-36-26)30(12-6-8-20(27(30)32)19-7-4-5-9-21(19)31)23-15-35-22(28(38-23)41-2)14-34-13-18-10-11-25(40)37-18/h4-9,12,15-18,27,34H,10-11,13-14,33H2,1-3H3,(H,37,40)/t17?,18-,27?,30?/m0/s1. The SMILES string of the molecule is COc1nc(C2(c3cnc(C(C)N)c(OC)n3)C=CC=C(c3ccccc3Cl)C2Cl)cnc1CNC[C@@H]1CCC(=O)N1. The van der Waals surface area contributed by atoms with Crippen molar-refractivity contribution in [1.29, 1.82) is 0 Å². The average Bonchev–Trinajstić information content (AvgIpc) is 3.42. The Bertz CT molecular complexity index is 1530. The predicted octanol–water partition coefficient (Wildman–Crippen LogP) is 3.87. The summed E-state index contributed by atoms with van der Waals surface area (Å²) in [7, 11) is 3.07. The van der Waals surface area contributed by atoms with Crippen molar-refractivity contribution in [3.63, 3.8) is 0 Å². The number of hydrogen-bond acceptors (Lipinski definition) is 9. The highest BCUT2D eigenvalue weighted by Gasteiger charge is 2.47. The number of aromatic nitrogens is 4. The number of benzene rings is 1. The van der Waals surface area contributed by atoms with Gasteiger partial charge in [-0.2, -0.15) is 0 Å². The molecule has 0 radical (unpaired) electrons. The highest BCUT2D eigenvalue weighted by atomic mass is 35.5. The van der Waals surface area contributed by atoms with Gasteiger partial charge in [-0.15, -0.1) is 11.6 Å². The summed E-state index contributed by atoms with van der Waals surface area (Å²) in [4.78, 5) is 30.7. The molecule has 1 amide bonds. The highest BCUT2D eigenvalue weighted by molar-refractivity contribution is 6.34. The molecule has 3 aromatic rings. The van der Waals surface area contributed by atoms with E-state index < -0.39 is 16.8 Å². The Kier molecular flexibility index (Phi) is 9.08. The number of amides is 1. The van der Waals surface area contributed by atoms with Gasteiger partial charge in [0.2, 0.25) is 17.7 Å². The first-order valence-electron chi connectivity index (χ1n) is 13.6. The second-order valence-corrected chi connectivity index (χ2v) is 11.1. The van der Waals surface area contributed by atoms with Gasteiger partial charge in [0, 0.05) is 36.6 Å². The van der Waals surface area contributed by atoms with E-state index in [9.17, 15) is 4.79 Å². The lowest BCUT2D eigenvalue weighted by atomic mass is 9.71. The minimum atomic E-state index is -1.12. The zero-order chi connectivity index (χ0) is 29.9. The molecule has 0 bridgehead atoms. The van der Waals surface area contributed by atoms with E-state index in [0.29, 0.717) is 59.1 Å². The second-order valence-electron chi connectivity index (χ2n) is 10.3. The van der Waals surface area contributed by atoms with Crippen molar-refractivity contribution in [2.45, 2.75) is 49.2 Å². The Labute approximate surface area is 254 Å². The van der Waals surface area contributed by atoms with E-state index >= 15 is 0 Å². The lowest BCUT2D eigenvalue weighted by molar-refractivity contribution is -0.119. The van der Waals surface area contributed by atoms with Crippen molar-refractivity contribution < 1.29 is 14.3 Å². The number of hydrogen-bond donors (Lipinski definition) is 3. The fraction of sp³-hybridized carbons (Fsp3) is 0.367. The maximum atomic E-state index is 11.5. The van der Waals surface area contributed by atoms with E-state index in [-0.39, 0.29) is 11.9 Å². The molecule has 0 spiro atoms. The van der Waals surface area contributed by atoms with Gasteiger partial charge in [-0.1, -0.05) is 48.0 Å². The largest absolute Gasteiger partial charge is 0.480 e. The number of methoxy groups -OCH3 is 2. The van der Waals surface area contributed by atoms with Crippen LogP contribution in [0.2, 0.25) is 5.02 Å². The number of ether oxygens (including phenoxy) is 2. The van der Waals surface area contributed by atoms with Gasteiger partial charge in [0.25, 0.3) is 0 Å². The summed E-state index contributed by atoms with van der Waals surface area (Å²) < 4.78 is 11.3. The molecule has 5 rings (SSSR count). The number of carbonyl (C=O) groups is 1. The molecule has 42 heavy (non-hydrogen) atoms. The van der Waals surface area contributed by atoms with E-state index in [1.54, 1.807) is 19.5 Å². The molecule has 1 fully saturated rings. The molecule has 1 aromatic carbocycles. The molecule has 12 heteroatoms. The molecule has 1 aliphatic heterocycles. The average molecular weight is 611 g/mol. The Morgan fingerprint density at radius 3 is 2.52 bits per heavy atom. The number of nitrogens with one attached hydrogen (secondary N) is 2. The van der Waals surface area contributed by atoms with E-state index in [1.807, 2.05) is 49.4 Å². The van der Waals surface area contributed by atoms with E-state index in [0.717, 1.165) is 17.6 Å². The number of rotatable bonds is 10. The molecule has 2 aliphatic rings. The van der Waals surface area contributed by atoms with Crippen molar-refractivity contribution in [2.24, 2.45) is 5.73 Å². The summed E-state index contributed by atoms with van der Waals surface area (Å²) in [6.07, 6.45) is 10.4. The van der Waals surface area contributed by atoms with Gasteiger partial charge in [-0.25, -0.2) is 9.97 Å². The van der Waals surface area contributed by atoms with Gasteiger partial charge in [-0.05, 0) is 30.5 Å². The first-order chi connectivity index (χ1) is 20.3. The van der Waals surface area contributed by atoms with Gasteiger partial charge in [0.05, 0.1) is 48.8 Å². The minimum Gasteiger partial charge on any atom is -0.480 e. The third kappa shape index (κ3) is 5.72. The number of nitrogens with two attached hydrogens (primary N) is 1. The lowest BCUT2D eigenvalue weighted by Gasteiger charge is -2.37. The molecular formula is C30H33Cl2N7O3. The van der Waals surface area contributed by atoms with Crippen molar-refractivity contribution in [1.82, 2.24) is 30.6 Å². The second kappa shape index (κ2) is 12.7. The number of nitrogens with zero attached hydrogens (tertiary/aromatic N) is 4. The minimum absolute atomic E-state index is 0.0730. The number of allylic oxidation sites excluding steroid dienone is 4. The topological polar surface area (TPSA) is 137 Å². The quantitative estimate of drug-likeness (QED) is 0.292. The van der Waals surface area contributed by atoms with Crippen LogP contribution in [0.15, 0.2) is 54.9 Å². The van der Waals surface area contributed by atoms with Crippen LogP contribution in [0.25, 0.3) is 5.57 Å². The lowest BCUT2D eigenvalue weighted by Crippen LogP contribution is -2.40. The zero-order valence-electron chi connectivity index (χ0n) is 23.6. The van der Waals surface area contributed by atoms with Gasteiger partial charge < -0.3 is 25.8 Å². The molecule has 1 saturated heterocycles. The molecule has 3 unspecified atom stereocenters. The molecule has 4 N–H and O–H groups in total. The monoisotopic (exact) mass is 609 g/mol. The fourth-order valence-electron chi connectivity index (χ4n) is 5.32. The van der Waals surface area contributed by atoms with E-state index in [1.165, 1.54) is 7.11 Å². The Morgan fingerprint density at radius 1 is 1.14 bits per heavy atom. The molecule has 3 heterocycles. The molecule has 1 aliphatic carbocycles. The summed E-state index contributed by atoms with van der Waals surface area (Å²) in [5.41, 5.74) is 8.72. The van der Waals surface area contributed by atoms with Gasteiger partial charge in [0.15, 0.2) is 0 Å². The number of alkyl halides is 1. The Balaban J connectivity index is 1.57. The van der Waals surface area contributed by atoms with Crippen LogP contribution in [-0.2, 0) is 16.8 Å². The normalized spacial score (nSPS) is 22.4. The molecular weight excluding hydrogens is 577 g/mol. The fourth-order valence-corrected chi connectivity index (χ4v) is 6.05. The van der Waals surface area contributed by atoms with Crippen LogP contribution in [0.4, 0.5) is 0 Å². The molecule has 220 valence electrons. The molecule has 2 aromatic heterocycles. The molecule has 0 saturated carbocycles. The highest BCUT2D eigenvalue weighted by Crippen LogP contribution is 2.48. The van der Waals surface area contributed by atoms with Crippen molar-refractivity contribution >= 4 is 34.7 Å². The van der Waals surface area contributed by atoms with Crippen molar-refractivity contribution in [3.05, 3.63) is 88.2 Å². The summed E-state index contributed by atoms with van der Waals surface area (Å²) in [5.74, 6) is 0.713. The summed E-state index contributed by atoms with van der Waals surface area (Å²) in [5, 5.41) is 6.15. The van der Waals surface area contributed by atoms with Gasteiger partial charge >= 0.3 is 0 Å². The summed E-state index contributed by atoms with van der Waals surface area (Å²) in [6, 6.07) is 7.22. The first-order valence-corrected chi connectivity index (χ1v) is 14.5. The van der Waals surface area contributed by atoms with Crippen LogP contribution in [0.3, 0.4) is 0 Å². The van der Waals surface area contributed by atoms with E-state index in [2.05, 4.69) is 15.6 Å². The zero-order valence-corrected chi connectivity index (χ0v) is 25.1. The Morgan fingerprint density at radius 2 is 1.86 bits per heavy atom. The van der Waals surface area contributed by atoms with Crippen LogP contribution in [0.5, 0.6) is 11.8 Å². The first kappa shape index (κ1) is 29.9. The van der Waals surface area contributed by atoms with Crippen LogP contribution in [0, 0.1) is 0 Å². The van der Waals surface area contributed by atoms with Gasteiger partial charge in [0.1, 0.15) is 11.4 Å². The predicted molar refractivity (Wildman–Crippen MR) is 162 cm³/mol. The third-order valence-electron chi connectivity index (χ3n) is 7.50. The summed E-state index contributed by atoms with van der Waals surface area (Å²) in [6.45, 7) is 2.83. The van der Waals surface area contributed by atoms with Crippen molar-refractivity contribution in [2.75, 3.05) is 20.8 Å². The maximum Gasteiger partial charge on any atom is 0.237 e. The van der Waals surface area contributed by atoms with E-state index in [4.69, 9.17) is 53.4 Å². The molecule has 10 nitrogen and oxygen atoms in total. The van der Waals surface area contributed by atoms with Crippen LogP contribution in [0.1, 0.15) is 54.1 Å². The van der Waals surface area contributed by atoms with Crippen LogP contribution < -0.4 is 25.8 Å². The van der Waals surface area contributed by atoms with Crippen LogP contribution in [-0.4, -0.2) is 58.0 Å². The Hall–Kier alpha value is -3.57. The van der Waals surface area contributed by atoms with Crippen molar-refractivity contribution in [3.8, 4) is 11.8 Å². The van der Waals surface area contributed by atoms with Gasteiger partial charge in [-0.3, -0.25) is 14.8 Å². The molecule has 4 atom stereocenters. The summed E-state index contributed by atoms with van der Waals surface area (Å²) >= 11 is 14.0. The number of halogens is 2.